The van der Waals surface area contributed by atoms with Crippen LogP contribution in [-0.4, -0.2) is 17.9 Å². The van der Waals surface area contributed by atoms with Crippen LogP contribution in [0.25, 0.3) is 0 Å². The quantitative estimate of drug-likeness (QED) is 0.911. The van der Waals surface area contributed by atoms with Crippen molar-refractivity contribution >= 4 is 29.0 Å². The smallest absolute Gasteiger partial charge is 0.258 e. The molecule has 20 heavy (non-hydrogen) atoms. The number of nitrogens with one attached hydrogen (secondary N) is 2. The molecule has 0 aliphatic carbocycles. The molecular formula is C14H13ClFN3O. The summed E-state index contributed by atoms with van der Waals surface area (Å²) in [7, 11) is 1.54. The lowest BCUT2D eigenvalue weighted by Crippen LogP contribution is -2.15. The average Bonchev–Trinajstić information content (AvgIpc) is 2.43. The third-order valence-corrected chi connectivity index (χ3v) is 3.05. The van der Waals surface area contributed by atoms with Gasteiger partial charge in [0.1, 0.15) is 0 Å². The Hall–Kier alpha value is -2.14. The second-order valence-corrected chi connectivity index (χ2v) is 4.62. The molecule has 1 aromatic carbocycles. The molecule has 0 aliphatic rings. The van der Waals surface area contributed by atoms with Crippen molar-refractivity contribution in [1.82, 2.24) is 4.98 Å². The first kappa shape index (κ1) is 14.3. The molecule has 0 saturated carbocycles. The van der Waals surface area contributed by atoms with Gasteiger partial charge in [-0.1, -0.05) is 17.7 Å². The number of rotatable bonds is 3. The van der Waals surface area contributed by atoms with Crippen LogP contribution in [0.15, 0.2) is 30.5 Å². The Bertz CT molecular complexity index is 661. The van der Waals surface area contributed by atoms with Gasteiger partial charge in [-0.25, -0.2) is 9.37 Å². The first-order valence-corrected chi connectivity index (χ1v) is 6.30. The topological polar surface area (TPSA) is 54.0 Å². The van der Waals surface area contributed by atoms with Crippen LogP contribution < -0.4 is 10.6 Å². The standard InChI is InChI=1S/C14H13ClFN3O/c1-8-3-4-9(15)7-11(8)19-14(20)10-5-6-18-13(17-2)12(10)16/h3-7H,1-2H3,(H,17,18)(H,19,20). The number of carbonyl (C=O) groups excluding carboxylic acids is 1. The van der Waals surface area contributed by atoms with Gasteiger partial charge in [0.25, 0.3) is 5.91 Å². The highest BCUT2D eigenvalue weighted by Crippen LogP contribution is 2.22. The second kappa shape index (κ2) is 5.88. The molecule has 0 unspecified atom stereocenters. The lowest BCUT2D eigenvalue weighted by atomic mass is 10.1. The van der Waals surface area contributed by atoms with E-state index in [9.17, 15) is 9.18 Å². The van der Waals surface area contributed by atoms with E-state index in [2.05, 4.69) is 15.6 Å². The third kappa shape index (κ3) is 2.88. The number of pyridine rings is 1. The summed E-state index contributed by atoms with van der Waals surface area (Å²) in [6.45, 7) is 1.83. The normalized spacial score (nSPS) is 10.2. The van der Waals surface area contributed by atoms with Crippen molar-refractivity contribution in [3.63, 3.8) is 0 Å². The minimum atomic E-state index is -0.688. The number of amides is 1. The van der Waals surface area contributed by atoms with Crippen LogP contribution in [0.5, 0.6) is 0 Å². The molecule has 0 spiro atoms. The van der Waals surface area contributed by atoms with E-state index in [0.29, 0.717) is 10.7 Å². The van der Waals surface area contributed by atoms with E-state index >= 15 is 0 Å². The predicted molar refractivity (Wildman–Crippen MR) is 77.9 cm³/mol. The van der Waals surface area contributed by atoms with Gasteiger partial charge >= 0.3 is 0 Å². The summed E-state index contributed by atoms with van der Waals surface area (Å²) in [6.07, 6.45) is 1.37. The van der Waals surface area contributed by atoms with E-state index in [-0.39, 0.29) is 11.4 Å². The zero-order valence-electron chi connectivity index (χ0n) is 11.0. The van der Waals surface area contributed by atoms with Crippen molar-refractivity contribution in [2.24, 2.45) is 0 Å². The number of anilines is 2. The van der Waals surface area contributed by atoms with Crippen LogP contribution in [0.3, 0.4) is 0 Å². The van der Waals surface area contributed by atoms with Crippen molar-refractivity contribution in [3.8, 4) is 0 Å². The first-order chi connectivity index (χ1) is 9.52. The van der Waals surface area contributed by atoms with Crippen LogP contribution in [-0.2, 0) is 0 Å². The highest BCUT2D eigenvalue weighted by Gasteiger charge is 2.16. The number of hydrogen-bond donors (Lipinski definition) is 2. The summed E-state index contributed by atoms with van der Waals surface area (Å²) in [6, 6.07) is 6.44. The Labute approximate surface area is 121 Å². The van der Waals surface area contributed by atoms with Crippen LogP contribution in [0, 0.1) is 12.7 Å². The maximum atomic E-state index is 14.0. The van der Waals surface area contributed by atoms with Gasteiger partial charge in [0, 0.05) is 24.0 Å². The Morgan fingerprint density at radius 1 is 1.35 bits per heavy atom. The molecule has 0 aliphatic heterocycles. The van der Waals surface area contributed by atoms with Crippen molar-refractivity contribution in [2.45, 2.75) is 6.92 Å². The summed E-state index contributed by atoms with van der Waals surface area (Å²) >= 11 is 5.88. The molecule has 6 heteroatoms. The van der Waals surface area contributed by atoms with Crippen molar-refractivity contribution in [2.75, 3.05) is 17.7 Å². The zero-order chi connectivity index (χ0) is 14.7. The summed E-state index contributed by atoms with van der Waals surface area (Å²) in [5.41, 5.74) is 1.31. The molecule has 0 bridgehead atoms. The predicted octanol–water partition coefficient (Wildman–Crippen LogP) is 3.48. The largest absolute Gasteiger partial charge is 0.371 e. The van der Waals surface area contributed by atoms with Crippen molar-refractivity contribution in [3.05, 3.63) is 52.4 Å². The van der Waals surface area contributed by atoms with E-state index < -0.39 is 11.7 Å². The van der Waals surface area contributed by atoms with Gasteiger partial charge in [0.2, 0.25) is 0 Å². The summed E-state index contributed by atoms with van der Waals surface area (Å²) in [5.74, 6) is -1.21. The van der Waals surface area contributed by atoms with Gasteiger partial charge in [0.05, 0.1) is 5.56 Å². The SMILES string of the molecule is CNc1nccc(C(=O)Nc2cc(Cl)ccc2C)c1F. The highest BCUT2D eigenvalue weighted by molar-refractivity contribution is 6.31. The lowest BCUT2D eigenvalue weighted by Gasteiger charge is -2.10. The number of benzene rings is 1. The van der Waals surface area contributed by atoms with Gasteiger partial charge in [-0.3, -0.25) is 4.79 Å². The average molecular weight is 294 g/mol. The molecule has 1 amide bonds. The number of halogens is 2. The fourth-order valence-corrected chi connectivity index (χ4v) is 1.88. The fraction of sp³-hybridized carbons (Fsp3) is 0.143. The minimum Gasteiger partial charge on any atom is -0.371 e. The van der Waals surface area contributed by atoms with E-state index in [4.69, 9.17) is 11.6 Å². The monoisotopic (exact) mass is 293 g/mol. The molecule has 0 fully saturated rings. The first-order valence-electron chi connectivity index (χ1n) is 5.92. The highest BCUT2D eigenvalue weighted by atomic mass is 35.5. The maximum absolute atomic E-state index is 14.0. The van der Waals surface area contributed by atoms with Crippen molar-refractivity contribution < 1.29 is 9.18 Å². The van der Waals surface area contributed by atoms with Crippen LogP contribution in [0.4, 0.5) is 15.9 Å². The number of nitrogens with zero attached hydrogens (tertiary/aromatic N) is 1. The lowest BCUT2D eigenvalue weighted by molar-refractivity contribution is 0.102. The van der Waals surface area contributed by atoms with Gasteiger partial charge in [-0.2, -0.15) is 0 Å². The minimum absolute atomic E-state index is 0.0282. The molecule has 0 radical (unpaired) electrons. The maximum Gasteiger partial charge on any atom is 0.258 e. The molecule has 0 atom stereocenters. The molecule has 0 saturated heterocycles. The number of aryl methyl sites for hydroxylation is 1. The number of hydrogen-bond acceptors (Lipinski definition) is 3. The van der Waals surface area contributed by atoms with E-state index in [1.165, 1.54) is 19.3 Å². The molecule has 104 valence electrons. The Morgan fingerprint density at radius 2 is 2.10 bits per heavy atom. The zero-order valence-corrected chi connectivity index (χ0v) is 11.8. The molecule has 4 nitrogen and oxygen atoms in total. The summed E-state index contributed by atoms with van der Waals surface area (Å²) in [4.78, 5) is 15.9. The molecule has 2 rings (SSSR count). The summed E-state index contributed by atoms with van der Waals surface area (Å²) < 4.78 is 14.0. The fourth-order valence-electron chi connectivity index (χ4n) is 1.71. The molecule has 1 heterocycles. The molecule has 1 aromatic heterocycles. The van der Waals surface area contributed by atoms with Gasteiger partial charge < -0.3 is 10.6 Å². The van der Waals surface area contributed by atoms with Gasteiger partial charge in [-0.15, -0.1) is 0 Å². The van der Waals surface area contributed by atoms with Gasteiger partial charge in [-0.05, 0) is 30.7 Å². The van der Waals surface area contributed by atoms with Crippen LogP contribution >= 0.6 is 11.6 Å². The van der Waals surface area contributed by atoms with Gasteiger partial charge in [0.15, 0.2) is 11.6 Å². The molecule has 2 aromatic rings. The van der Waals surface area contributed by atoms with Crippen LogP contribution in [0.2, 0.25) is 5.02 Å². The van der Waals surface area contributed by atoms with E-state index in [1.807, 2.05) is 6.92 Å². The number of carbonyl (C=O) groups is 1. The second-order valence-electron chi connectivity index (χ2n) is 4.18. The van der Waals surface area contributed by atoms with Crippen LogP contribution in [0.1, 0.15) is 15.9 Å². The Balaban J connectivity index is 2.31. The van der Waals surface area contributed by atoms with E-state index in [1.54, 1.807) is 18.2 Å². The molecule has 2 N–H and O–H groups in total. The molecular weight excluding hydrogens is 281 g/mol. The van der Waals surface area contributed by atoms with E-state index in [0.717, 1.165) is 5.56 Å². The Kier molecular flexibility index (Phi) is 4.20. The number of aromatic nitrogens is 1. The third-order valence-electron chi connectivity index (χ3n) is 2.82. The van der Waals surface area contributed by atoms with Crippen molar-refractivity contribution in [1.29, 1.82) is 0 Å². The Morgan fingerprint density at radius 3 is 2.80 bits per heavy atom. The summed E-state index contributed by atoms with van der Waals surface area (Å²) in [5, 5.41) is 5.73.